The third-order valence-electron chi connectivity index (χ3n) is 4.44. The lowest BCUT2D eigenvalue weighted by atomic mass is 10.0. The number of H-pyrrole nitrogens is 1. The third-order valence-corrected chi connectivity index (χ3v) is 4.44. The number of amides is 1. The van der Waals surface area contributed by atoms with E-state index in [1.807, 2.05) is 19.1 Å². The van der Waals surface area contributed by atoms with Crippen molar-refractivity contribution in [1.82, 2.24) is 24.8 Å². The van der Waals surface area contributed by atoms with E-state index in [0.29, 0.717) is 32.8 Å². The summed E-state index contributed by atoms with van der Waals surface area (Å²) in [5.74, 6) is 0.745. The van der Waals surface area contributed by atoms with Crippen molar-refractivity contribution >= 4 is 5.91 Å². The van der Waals surface area contributed by atoms with Crippen molar-refractivity contribution in [2.75, 3.05) is 39.5 Å². The number of carbonyl (C=O) groups is 1. The van der Waals surface area contributed by atoms with E-state index in [1.54, 1.807) is 23.5 Å². The van der Waals surface area contributed by atoms with E-state index in [9.17, 15) is 9.90 Å². The van der Waals surface area contributed by atoms with Crippen LogP contribution in [0.5, 0.6) is 0 Å². The van der Waals surface area contributed by atoms with E-state index < -0.39 is 6.04 Å². The van der Waals surface area contributed by atoms with Crippen LogP contribution in [-0.4, -0.2) is 75.2 Å². The number of aliphatic hydroxyl groups excluding tert-OH is 1. The molecule has 1 unspecified atom stereocenters. The van der Waals surface area contributed by atoms with Gasteiger partial charge in [-0.3, -0.25) is 14.7 Å². The van der Waals surface area contributed by atoms with Gasteiger partial charge in [0.2, 0.25) is 5.91 Å². The zero-order valence-corrected chi connectivity index (χ0v) is 15.0. The first-order chi connectivity index (χ1) is 12.7. The maximum absolute atomic E-state index is 13.4. The van der Waals surface area contributed by atoms with Gasteiger partial charge in [0.05, 0.1) is 38.3 Å². The predicted molar refractivity (Wildman–Crippen MR) is 95.2 cm³/mol. The minimum atomic E-state index is -0.442. The summed E-state index contributed by atoms with van der Waals surface area (Å²) in [4.78, 5) is 28.7. The number of nitrogens with zero attached hydrogens (tertiary/aromatic N) is 4. The lowest BCUT2D eigenvalue weighted by Gasteiger charge is -2.36. The molecule has 0 radical (unpaired) electrons. The molecule has 1 aliphatic rings. The largest absolute Gasteiger partial charge is 0.395 e. The maximum Gasteiger partial charge on any atom is 0.245 e. The summed E-state index contributed by atoms with van der Waals surface area (Å²) in [5.41, 5.74) is 1.69. The number of aromatic amines is 1. The van der Waals surface area contributed by atoms with Gasteiger partial charge in [0.15, 0.2) is 0 Å². The highest BCUT2D eigenvalue weighted by Gasteiger charge is 2.32. The number of nitrogens with one attached hydrogen (secondary N) is 1. The Morgan fingerprint density at radius 2 is 2.23 bits per heavy atom. The fourth-order valence-corrected chi connectivity index (χ4v) is 3.20. The number of ether oxygens (including phenoxy) is 1. The normalized spacial score (nSPS) is 16.4. The van der Waals surface area contributed by atoms with Gasteiger partial charge in [0.25, 0.3) is 0 Å². The molecule has 2 aromatic rings. The molecule has 1 saturated heterocycles. The van der Waals surface area contributed by atoms with E-state index in [1.165, 1.54) is 0 Å². The highest BCUT2D eigenvalue weighted by atomic mass is 16.5. The molecule has 0 saturated carbocycles. The van der Waals surface area contributed by atoms with Crippen LogP contribution in [-0.2, 0) is 16.1 Å². The number of rotatable bonds is 7. The molecule has 8 heteroatoms. The fourth-order valence-electron chi connectivity index (χ4n) is 3.20. The van der Waals surface area contributed by atoms with Crippen molar-refractivity contribution in [1.29, 1.82) is 0 Å². The smallest absolute Gasteiger partial charge is 0.245 e. The Balaban J connectivity index is 1.85. The van der Waals surface area contributed by atoms with Crippen LogP contribution in [0.4, 0.5) is 0 Å². The number of imidazole rings is 1. The van der Waals surface area contributed by atoms with Gasteiger partial charge in [0, 0.05) is 32.0 Å². The molecule has 0 spiro atoms. The Kier molecular flexibility index (Phi) is 6.32. The van der Waals surface area contributed by atoms with E-state index in [2.05, 4.69) is 19.9 Å². The Morgan fingerprint density at radius 3 is 2.85 bits per heavy atom. The Bertz CT molecular complexity index is 700. The van der Waals surface area contributed by atoms with Crippen LogP contribution >= 0.6 is 0 Å². The number of morpholine rings is 1. The summed E-state index contributed by atoms with van der Waals surface area (Å²) in [6, 6.07) is 3.32. The summed E-state index contributed by atoms with van der Waals surface area (Å²) < 4.78 is 5.44. The molecule has 2 aromatic heterocycles. The molecule has 0 bridgehead atoms. The molecule has 2 N–H and O–H groups in total. The van der Waals surface area contributed by atoms with E-state index in [4.69, 9.17) is 4.74 Å². The summed E-state index contributed by atoms with van der Waals surface area (Å²) in [7, 11) is 0. The van der Waals surface area contributed by atoms with Crippen molar-refractivity contribution in [2.24, 2.45) is 0 Å². The molecule has 3 rings (SSSR count). The summed E-state index contributed by atoms with van der Waals surface area (Å²) in [5, 5.41) is 9.47. The van der Waals surface area contributed by atoms with E-state index in [0.717, 1.165) is 17.1 Å². The van der Waals surface area contributed by atoms with Crippen LogP contribution in [0.15, 0.2) is 30.7 Å². The zero-order valence-electron chi connectivity index (χ0n) is 15.0. The zero-order chi connectivity index (χ0) is 18.4. The van der Waals surface area contributed by atoms with Gasteiger partial charge in [-0.1, -0.05) is 6.07 Å². The van der Waals surface area contributed by atoms with Crippen molar-refractivity contribution < 1.29 is 14.6 Å². The Morgan fingerprint density at radius 1 is 1.42 bits per heavy atom. The molecule has 1 aliphatic heterocycles. The van der Waals surface area contributed by atoms with Gasteiger partial charge < -0.3 is 19.7 Å². The van der Waals surface area contributed by atoms with E-state index >= 15 is 0 Å². The van der Waals surface area contributed by atoms with Gasteiger partial charge in [-0.2, -0.15) is 0 Å². The van der Waals surface area contributed by atoms with Crippen molar-refractivity contribution in [2.45, 2.75) is 19.5 Å². The molecule has 3 heterocycles. The average molecular weight is 359 g/mol. The second-order valence-electron chi connectivity index (χ2n) is 6.31. The molecular formula is C18H25N5O3. The quantitative estimate of drug-likeness (QED) is 0.748. The Hall–Kier alpha value is -2.29. The second kappa shape index (κ2) is 8.88. The number of hydrogen-bond acceptors (Lipinski definition) is 6. The number of aliphatic hydroxyl groups is 1. The van der Waals surface area contributed by atoms with E-state index in [-0.39, 0.29) is 19.1 Å². The van der Waals surface area contributed by atoms with Crippen LogP contribution in [0.3, 0.4) is 0 Å². The van der Waals surface area contributed by atoms with Gasteiger partial charge in [-0.15, -0.1) is 0 Å². The highest BCUT2D eigenvalue weighted by Crippen LogP contribution is 2.24. The lowest BCUT2D eigenvalue weighted by molar-refractivity contribution is -0.140. The third kappa shape index (κ3) is 4.46. The lowest BCUT2D eigenvalue weighted by Crippen LogP contribution is -2.47. The topological polar surface area (TPSA) is 94.6 Å². The van der Waals surface area contributed by atoms with Crippen LogP contribution in [0.1, 0.15) is 23.1 Å². The first-order valence-electron chi connectivity index (χ1n) is 8.81. The van der Waals surface area contributed by atoms with Crippen molar-refractivity contribution in [3.8, 4) is 0 Å². The molecular weight excluding hydrogens is 334 g/mol. The molecule has 0 aliphatic carbocycles. The minimum Gasteiger partial charge on any atom is -0.395 e. The summed E-state index contributed by atoms with van der Waals surface area (Å²) in [6.07, 6.45) is 5.15. The molecule has 140 valence electrons. The minimum absolute atomic E-state index is 0.0544. The average Bonchev–Trinajstić information content (AvgIpc) is 3.08. The number of aryl methyl sites for hydroxylation is 1. The number of pyridine rings is 1. The van der Waals surface area contributed by atoms with Crippen LogP contribution in [0.2, 0.25) is 0 Å². The summed E-state index contributed by atoms with van der Waals surface area (Å²) in [6.45, 7) is 4.98. The van der Waals surface area contributed by atoms with Crippen LogP contribution in [0, 0.1) is 6.92 Å². The highest BCUT2D eigenvalue weighted by molar-refractivity contribution is 5.83. The van der Waals surface area contributed by atoms with Crippen molar-refractivity contribution in [3.63, 3.8) is 0 Å². The first-order valence-corrected chi connectivity index (χ1v) is 8.81. The molecule has 0 aromatic carbocycles. The van der Waals surface area contributed by atoms with Gasteiger partial charge in [0.1, 0.15) is 11.9 Å². The number of hydrogen-bond donors (Lipinski definition) is 2. The molecule has 1 fully saturated rings. The fraction of sp³-hybridized carbons (Fsp3) is 0.500. The van der Waals surface area contributed by atoms with Crippen LogP contribution in [0.25, 0.3) is 0 Å². The van der Waals surface area contributed by atoms with Gasteiger partial charge >= 0.3 is 0 Å². The first kappa shape index (κ1) is 18.5. The van der Waals surface area contributed by atoms with Gasteiger partial charge in [-0.25, -0.2) is 4.98 Å². The second-order valence-corrected chi connectivity index (χ2v) is 6.31. The monoisotopic (exact) mass is 359 g/mol. The number of aromatic nitrogens is 3. The van der Waals surface area contributed by atoms with Crippen molar-refractivity contribution in [3.05, 3.63) is 47.8 Å². The Labute approximate surface area is 152 Å². The SMILES string of the molecule is Cc1ncc(CN(CCO)C(=O)C(c2cccnc2)N2CCOCC2)[nH]1. The molecule has 1 atom stereocenters. The van der Waals surface area contributed by atoms with Gasteiger partial charge in [-0.05, 0) is 18.6 Å². The molecule has 26 heavy (non-hydrogen) atoms. The van der Waals surface area contributed by atoms with Crippen LogP contribution < -0.4 is 0 Å². The summed E-state index contributed by atoms with van der Waals surface area (Å²) >= 11 is 0. The standard InChI is InChI=1S/C18H25N5O3/c1-14-20-12-16(21-14)13-23(5-8-24)18(25)17(15-3-2-4-19-11-15)22-6-9-26-10-7-22/h2-4,11-12,17,24H,5-10,13H2,1H3,(H,20,21). The predicted octanol–water partition coefficient (Wildman–Crippen LogP) is 0.508. The molecule has 1 amide bonds. The maximum atomic E-state index is 13.4. The number of carbonyl (C=O) groups excluding carboxylic acids is 1. The molecule has 8 nitrogen and oxygen atoms in total.